The summed E-state index contributed by atoms with van der Waals surface area (Å²) in [6, 6.07) is 3.69. The molecule has 2 amide bonds. The quantitative estimate of drug-likeness (QED) is 0.369. The molecular formula is C17H18N2O6S3. The van der Waals surface area contributed by atoms with Crippen LogP contribution in [0.2, 0.25) is 0 Å². The van der Waals surface area contributed by atoms with Crippen LogP contribution in [0.4, 0.5) is 0 Å². The van der Waals surface area contributed by atoms with E-state index in [1.807, 2.05) is 17.5 Å². The number of carbonyl (C=O) groups is 4. The summed E-state index contributed by atoms with van der Waals surface area (Å²) >= 11 is 3.98. The van der Waals surface area contributed by atoms with Gasteiger partial charge in [-0.05, 0) is 17.7 Å². The molecule has 0 saturated carbocycles. The number of nitrogens with zero attached hydrogens (tertiary/aromatic N) is 1. The van der Waals surface area contributed by atoms with E-state index in [9.17, 15) is 24.3 Å². The topological polar surface area (TPSA) is 113 Å². The second-order valence-corrected chi connectivity index (χ2v) is 9.27. The van der Waals surface area contributed by atoms with Crippen LogP contribution in [0.25, 0.3) is 0 Å². The summed E-state index contributed by atoms with van der Waals surface area (Å²) in [6.45, 7) is 1.05. The first kappa shape index (κ1) is 20.7. The van der Waals surface area contributed by atoms with Gasteiger partial charge in [0.05, 0.1) is 6.42 Å². The van der Waals surface area contributed by atoms with Gasteiger partial charge in [-0.15, -0.1) is 34.9 Å². The SMILES string of the molecule is CSC1(NC(=O)Cc2cccs2)C(=O)N2C(C(=O)O)=C(COC(C)=O)CS[C@@H]21. The molecule has 2 aliphatic rings. The molecule has 8 nitrogen and oxygen atoms in total. The minimum atomic E-state index is -1.26. The Bertz CT molecular complexity index is 853. The molecule has 1 aromatic rings. The Kier molecular flexibility index (Phi) is 6.06. The number of ether oxygens (including phenoxy) is 1. The van der Waals surface area contributed by atoms with E-state index < -0.39 is 28.1 Å². The number of nitrogens with one attached hydrogen (secondary N) is 1. The van der Waals surface area contributed by atoms with E-state index in [1.54, 1.807) is 6.26 Å². The first-order chi connectivity index (χ1) is 13.3. The first-order valence-corrected chi connectivity index (χ1v) is 11.4. The number of aliphatic carboxylic acids is 1. The smallest absolute Gasteiger partial charge is 0.352 e. The van der Waals surface area contributed by atoms with Crippen molar-refractivity contribution in [3.8, 4) is 0 Å². The second-order valence-electron chi connectivity index (χ2n) is 6.12. The number of thioether (sulfide) groups is 2. The van der Waals surface area contributed by atoms with Crippen molar-refractivity contribution in [1.82, 2.24) is 10.2 Å². The third-order valence-corrected chi connectivity index (χ3v) is 7.89. The highest BCUT2D eigenvalue weighted by Gasteiger charge is 2.65. The van der Waals surface area contributed by atoms with E-state index in [0.29, 0.717) is 5.57 Å². The summed E-state index contributed by atoms with van der Waals surface area (Å²) < 4.78 is 4.92. The number of thiophene rings is 1. The number of fused-ring (bicyclic) bond motifs is 1. The molecule has 0 bridgehead atoms. The number of hydrogen-bond donors (Lipinski definition) is 2. The van der Waals surface area contributed by atoms with Gasteiger partial charge in [0.2, 0.25) is 5.91 Å². The van der Waals surface area contributed by atoms with E-state index in [4.69, 9.17) is 4.74 Å². The zero-order valence-electron chi connectivity index (χ0n) is 15.1. The second kappa shape index (κ2) is 8.18. The molecule has 11 heteroatoms. The lowest BCUT2D eigenvalue weighted by Crippen LogP contribution is -2.78. The lowest BCUT2D eigenvalue weighted by atomic mass is 10.0. The van der Waals surface area contributed by atoms with Crippen LogP contribution in [0.5, 0.6) is 0 Å². The van der Waals surface area contributed by atoms with Crippen LogP contribution < -0.4 is 5.32 Å². The molecule has 2 atom stereocenters. The number of amides is 2. The van der Waals surface area contributed by atoms with Gasteiger partial charge >= 0.3 is 11.9 Å². The average Bonchev–Trinajstić information content (AvgIpc) is 3.15. The fraction of sp³-hybridized carbons (Fsp3) is 0.412. The Morgan fingerprint density at radius 1 is 1.46 bits per heavy atom. The molecule has 0 radical (unpaired) electrons. The van der Waals surface area contributed by atoms with E-state index in [0.717, 1.165) is 4.88 Å². The van der Waals surface area contributed by atoms with Crippen LogP contribution in [-0.4, -0.2) is 62.6 Å². The van der Waals surface area contributed by atoms with Gasteiger partial charge in [-0.25, -0.2) is 4.79 Å². The maximum atomic E-state index is 13.0. The van der Waals surface area contributed by atoms with Gasteiger partial charge in [-0.3, -0.25) is 19.3 Å². The largest absolute Gasteiger partial charge is 0.477 e. The maximum Gasteiger partial charge on any atom is 0.352 e. The van der Waals surface area contributed by atoms with Crippen LogP contribution in [-0.2, 0) is 30.3 Å². The molecule has 1 fully saturated rings. The van der Waals surface area contributed by atoms with Crippen molar-refractivity contribution in [3.63, 3.8) is 0 Å². The maximum absolute atomic E-state index is 13.0. The van der Waals surface area contributed by atoms with Crippen molar-refractivity contribution >= 4 is 58.6 Å². The highest BCUT2D eigenvalue weighted by Crippen LogP contribution is 2.50. The molecule has 0 aromatic carbocycles. The molecule has 0 spiro atoms. The van der Waals surface area contributed by atoms with Gasteiger partial charge in [0.1, 0.15) is 17.7 Å². The van der Waals surface area contributed by atoms with Crippen LogP contribution in [0.15, 0.2) is 28.8 Å². The average molecular weight is 443 g/mol. The zero-order valence-corrected chi connectivity index (χ0v) is 17.5. The van der Waals surface area contributed by atoms with Crippen molar-refractivity contribution in [1.29, 1.82) is 0 Å². The van der Waals surface area contributed by atoms with Gasteiger partial charge in [0.15, 0.2) is 4.87 Å². The summed E-state index contributed by atoms with van der Waals surface area (Å²) in [4.78, 5) is 49.1. The lowest BCUT2D eigenvalue weighted by molar-refractivity contribution is -0.153. The summed E-state index contributed by atoms with van der Waals surface area (Å²) in [5, 5.41) is 13.7. The van der Waals surface area contributed by atoms with E-state index >= 15 is 0 Å². The van der Waals surface area contributed by atoms with E-state index in [2.05, 4.69) is 5.32 Å². The summed E-state index contributed by atoms with van der Waals surface area (Å²) in [6.07, 6.45) is 1.86. The van der Waals surface area contributed by atoms with Gasteiger partial charge < -0.3 is 15.2 Å². The molecule has 150 valence electrons. The van der Waals surface area contributed by atoms with Crippen molar-refractivity contribution in [2.24, 2.45) is 0 Å². The van der Waals surface area contributed by atoms with Gasteiger partial charge in [0, 0.05) is 23.1 Å². The van der Waals surface area contributed by atoms with Crippen LogP contribution >= 0.6 is 34.9 Å². The first-order valence-electron chi connectivity index (χ1n) is 8.22. The number of carboxylic acids is 1. The van der Waals surface area contributed by atoms with Crippen molar-refractivity contribution in [3.05, 3.63) is 33.7 Å². The zero-order chi connectivity index (χ0) is 20.5. The molecule has 28 heavy (non-hydrogen) atoms. The predicted molar refractivity (Wildman–Crippen MR) is 107 cm³/mol. The van der Waals surface area contributed by atoms with Crippen LogP contribution in [0.3, 0.4) is 0 Å². The minimum absolute atomic E-state index is 0.157. The van der Waals surface area contributed by atoms with Crippen molar-refractivity contribution in [2.75, 3.05) is 18.6 Å². The van der Waals surface area contributed by atoms with Gasteiger partial charge in [0.25, 0.3) is 5.91 Å². The normalized spacial score (nSPS) is 23.7. The van der Waals surface area contributed by atoms with Gasteiger partial charge in [-0.1, -0.05) is 6.07 Å². The minimum Gasteiger partial charge on any atom is -0.477 e. The van der Waals surface area contributed by atoms with E-state index in [-0.39, 0.29) is 30.4 Å². The number of hydrogen-bond acceptors (Lipinski definition) is 8. The van der Waals surface area contributed by atoms with Crippen molar-refractivity contribution in [2.45, 2.75) is 23.6 Å². The number of esters is 1. The standard InChI is InChI=1S/C17H18N2O6S3/c1-9(20)25-7-10-8-28-16-17(26-2,15(24)19(16)13(10)14(22)23)18-12(21)6-11-4-3-5-27-11/h3-5,16H,6-8H2,1-2H3,(H,18,21)(H,22,23)/t16-,17?/m1/s1. The Morgan fingerprint density at radius 3 is 2.79 bits per heavy atom. The summed E-state index contributed by atoms with van der Waals surface area (Å²) in [7, 11) is 0. The fourth-order valence-electron chi connectivity index (χ4n) is 3.07. The summed E-state index contributed by atoms with van der Waals surface area (Å²) in [5.41, 5.74) is 0.184. The van der Waals surface area contributed by atoms with Crippen LogP contribution in [0.1, 0.15) is 11.8 Å². The Morgan fingerprint density at radius 2 is 2.21 bits per heavy atom. The number of carbonyl (C=O) groups excluding carboxylic acids is 3. The van der Waals surface area contributed by atoms with Crippen LogP contribution in [0, 0.1) is 0 Å². The Hall–Kier alpha value is -1.98. The third kappa shape index (κ3) is 3.65. The monoisotopic (exact) mass is 442 g/mol. The predicted octanol–water partition coefficient (Wildman–Crippen LogP) is 1.28. The Labute approximate surface area is 173 Å². The highest BCUT2D eigenvalue weighted by molar-refractivity contribution is 8.05. The number of carboxylic acid groups (broad SMARTS) is 1. The molecule has 1 saturated heterocycles. The molecule has 1 aromatic heterocycles. The summed E-state index contributed by atoms with van der Waals surface area (Å²) in [5.74, 6) is -2.29. The molecule has 1 unspecified atom stereocenters. The molecule has 2 aliphatic heterocycles. The highest BCUT2D eigenvalue weighted by atomic mass is 32.2. The molecular weight excluding hydrogens is 424 g/mol. The molecule has 3 heterocycles. The lowest BCUT2D eigenvalue weighted by Gasteiger charge is -2.56. The van der Waals surface area contributed by atoms with Gasteiger partial charge in [-0.2, -0.15) is 0 Å². The number of β-lactam (4-membered cyclic amide) rings is 1. The van der Waals surface area contributed by atoms with Crippen molar-refractivity contribution < 1.29 is 29.0 Å². The Balaban J connectivity index is 1.81. The number of rotatable bonds is 7. The third-order valence-electron chi connectivity index (χ3n) is 4.32. The molecule has 3 rings (SSSR count). The molecule has 2 N–H and O–H groups in total. The molecule has 0 aliphatic carbocycles. The van der Waals surface area contributed by atoms with E-state index in [1.165, 1.54) is 46.7 Å². The fourth-order valence-corrected chi connectivity index (χ4v) is 6.38.